The molecule has 0 radical (unpaired) electrons. The lowest BCUT2D eigenvalue weighted by molar-refractivity contribution is 0.274. The summed E-state index contributed by atoms with van der Waals surface area (Å²) >= 11 is 40.8. The van der Waals surface area contributed by atoms with Crippen molar-refractivity contribution in [3.63, 3.8) is 0 Å². The summed E-state index contributed by atoms with van der Waals surface area (Å²) in [6.07, 6.45) is 0. The first-order valence-electron chi connectivity index (χ1n) is 6.13. The van der Waals surface area contributed by atoms with Crippen LogP contribution in [-0.4, -0.2) is 32.6 Å². The van der Waals surface area contributed by atoms with Crippen molar-refractivity contribution in [2.24, 2.45) is 0 Å². The fourth-order valence-corrected chi connectivity index (χ4v) is 2.82. The van der Waals surface area contributed by atoms with Gasteiger partial charge in [-0.25, -0.2) is 0 Å². The SMILES string of the molecule is COc1ccc(COC(=N)C(Cl)(Cl)C(Cl)(Cl)C(Cl)(Cl)Cl)cc1OC. The highest BCUT2D eigenvalue weighted by Gasteiger charge is 2.63. The van der Waals surface area contributed by atoms with Crippen molar-refractivity contribution in [3.8, 4) is 11.5 Å². The largest absolute Gasteiger partial charge is 0.493 e. The predicted molar refractivity (Wildman–Crippen MR) is 101 cm³/mol. The van der Waals surface area contributed by atoms with Crippen LogP contribution < -0.4 is 9.47 Å². The molecule has 4 nitrogen and oxygen atoms in total. The Morgan fingerprint density at radius 1 is 0.958 bits per heavy atom. The van der Waals surface area contributed by atoms with Crippen molar-refractivity contribution >= 4 is 87.1 Å². The Bertz CT molecular complexity index is 602. The van der Waals surface area contributed by atoms with E-state index in [1.165, 1.54) is 14.2 Å². The van der Waals surface area contributed by atoms with Crippen molar-refractivity contribution in [3.05, 3.63) is 23.8 Å². The molecule has 1 rings (SSSR count). The number of rotatable bonds is 6. The first-order chi connectivity index (χ1) is 10.9. The summed E-state index contributed by atoms with van der Waals surface area (Å²) in [6, 6.07) is 5.02. The van der Waals surface area contributed by atoms with Crippen LogP contribution >= 0.6 is 81.2 Å². The fourth-order valence-electron chi connectivity index (χ4n) is 1.54. The van der Waals surface area contributed by atoms with Gasteiger partial charge in [-0.1, -0.05) is 87.3 Å². The second-order valence-electron chi connectivity index (χ2n) is 4.45. The van der Waals surface area contributed by atoms with Crippen molar-refractivity contribution < 1.29 is 14.2 Å². The molecule has 136 valence electrons. The van der Waals surface area contributed by atoms with E-state index in [1.54, 1.807) is 18.2 Å². The minimum absolute atomic E-state index is 0.0793. The van der Waals surface area contributed by atoms with Gasteiger partial charge >= 0.3 is 0 Å². The maximum Gasteiger partial charge on any atom is 0.229 e. The molecule has 0 heterocycles. The summed E-state index contributed by atoms with van der Waals surface area (Å²) in [7, 11) is 3.00. The highest BCUT2D eigenvalue weighted by molar-refractivity contribution is 6.80. The van der Waals surface area contributed by atoms with Crippen molar-refractivity contribution in [1.82, 2.24) is 0 Å². The third-order valence-corrected chi connectivity index (χ3v) is 6.73. The summed E-state index contributed by atoms with van der Waals surface area (Å²) in [5.41, 5.74) is 0.644. The average Bonchev–Trinajstić information content (AvgIpc) is 2.50. The topological polar surface area (TPSA) is 51.5 Å². The van der Waals surface area contributed by atoms with E-state index in [0.717, 1.165) is 0 Å². The molecular weight excluding hydrogens is 466 g/mol. The predicted octanol–water partition coefficient (Wildman–Crippen LogP) is 5.92. The molecule has 0 atom stereocenters. The zero-order valence-corrected chi connectivity index (χ0v) is 17.6. The standard InChI is InChI=1S/C13H12Cl7NO3/c1-22-8-4-3-7(5-9(8)23-2)6-24-10(21)11(14,15)12(16,17)13(18,19)20/h3-5,21H,6H2,1-2H3. The number of nitrogens with one attached hydrogen (secondary N) is 1. The molecule has 1 aromatic rings. The molecule has 0 bridgehead atoms. The third kappa shape index (κ3) is 4.73. The van der Waals surface area contributed by atoms with Crippen molar-refractivity contribution in [2.75, 3.05) is 14.2 Å². The molecule has 0 aliphatic rings. The van der Waals surface area contributed by atoms with E-state index in [0.29, 0.717) is 17.1 Å². The summed E-state index contributed by atoms with van der Waals surface area (Å²) in [4.78, 5) is 0. The van der Waals surface area contributed by atoms with E-state index in [9.17, 15) is 0 Å². The van der Waals surface area contributed by atoms with E-state index in [-0.39, 0.29) is 6.61 Å². The average molecular weight is 478 g/mol. The minimum atomic E-state index is -2.33. The summed E-state index contributed by atoms with van der Waals surface area (Å²) in [5, 5.41) is 7.87. The van der Waals surface area contributed by atoms with Gasteiger partial charge in [-0.15, -0.1) is 0 Å². The van der Waals surface area contributed by atoms with Crippen LogP contribution in [0.3, 0.4) is 0 Å². The van der Waals surface area contributed by atoms with Crippen molar-refractivity contribution in [2.45, 2.75) is 19.1 Å². The van der Waals surface area contributed by atoms with Crippen LogP contribution in [0.2, 0.25) is 0 Å². The van der Waals surface area contributed by atoms with Gasteiger partial charge in [-0.05, 0) is 17.7 Å². The number of alkyl halides is 7. The molecule has 1 N–H and O–H groups in total. The zero-order chi connectivity index (χ0) is 18.8. The fraction of sp³-hybridized carbons (Fsp3) is 0.462. The van der Waals surface area contributed by atoms with Crippen LogP contribution in [0.15, 0.2) is 18.2 Å². The van der Waals surface area contributed by atoms with Gasteiger partial charge in [0.2, 0.25) is 18.4 Å². The number of benzene rings is 1. The molecule has 0 aliphatic heterocycles. The summed E-state index contributed by atoms with van der Waals surface area (Å²) < 4.78 is 8.61. The van der Waals surface area contributed by atoms with E-state index in [1.807, 2.05) is 0 Å². The van der Waals surface area contributed by atoms with Gasteiger partial charge in [0.25, 0.3) is 0 Å². The Balaban J connectivity index is 2.89. The lowest BCUT2D eigenvalue weighted by Gasteiger charge is -2.36. The first-order valence-corrected chi connectivity index (χ1v) is 8.78. The van der Waals surface area contributed by atoms with E-state index in [2.05, 4.69) is 0 Å². The molecular formula is C13H12Cl7NO3. The number of methoxy groups -OCH3 is 2. The summed E-state index contributed by atoms with van der Waals surface area (Å²) in [5.74, 6) is 0.340. The van der Waals surface area contributed by atoms with E-state index < -0.39 is 18.4 Å². The highest BCUT2D eigenvalue weighted by Crippen LogP contribution is 2.56. The number of ether oxygens (including phenoxy) is 3. The molecule has 0 saturated carbocycles. The zero-order valence-electron chi connectivity index (χ0n) is 12.3. The van der Waals surface area contributed by atoms with E-state index in [4.69, 9.17) is 101 Å². The van der Waals surface area contributed by atoms with Crippen LogP contribution in [0.5, 0.6) is 11.5 Å². The van der Waals surface area contributed by atoms with Crippen LogP contribution in [0.1, 0.15) is 5.56 Å². The van der Waals surface area contributed by atoms with Gasteiger partial charge < -0.3 is 14.2 Å². The molecule has 24 heavy (non-hydrogen) atoms. The van der Waals surface area contributed by atoms with Crippen LogP contribution in [-0.2, 0) is 11.3 Å². The van der Waals surface area contributed by atoms with Gasteiger partial charge in [-0.3, -0.25) is 5.41 Å². The molecule has 11 heteroatoms. The Kier molecular flexibility index (Phi) is 7.77. The smallest absolute Gasteiger partial charge is 0.229 e. The van der Waals surface area contributed by atoms with Crippen LogP contribution in [0, 0.1) is 5.41 Å². The second kappa shape index (κ2) is 8.34. The Labute approximate surface area is 174 Å². The summed E-state index contributed by atoms with van der Waals surface area (Å²) in [6.45, 7) is -0.0793. The van der Waals surface area contributed by atoms with Crippen LogP contribution in [0.4, 0.5) is 0 Å². The van der Waals surface area contributed by atoms with Gasteiger partial charge in [0.15, 0.2) is 11.5 Å². The monoisotopic (exact) mass is 475 g/mol. The normalized spacial score (nSPS) is 12.7. The quantitative estimate of drug-likeness (QED) is 0.314. The highest BCUT2D eigenvalue weighted by atomic mass is 35.6. The van der Waals surface area contributed by atoms with Gasteiger partial charge in [0, 0.05) is 0 Å². The Hall–Kier alpha value is 0.320. The van der Waals surface area contributed by atoms with Gasteiger partial charge in [0.05, 0.1) is 14.2 Å². The molecule has 0 amide bonds. The maximum atomic E-state index is 7.87. The van der Waals surface area contributed by atoms with Crippen LogP contribution in [0.25, 0.3) is 0 Å². The first kappa shape index (κ1) is 22.4. The molecule has 0 saturated heterocycles. The molecule has 0 spiro atoms. The van der Waals surface area contributed by atoms with Gasteiger partial charge in [-0.2, -0.15) is 0 Å². The molecule has 1 aromatic carbocycles. The minimum Gasteiger partial charge on any atom is -0.493 e. The van der Waals surface area contributed by atoms with Crippen molar-refractivity contribution in [1.29, 1.82) is 5.41 Å². The number of hydrogen-bond acceptors (Lipinski definition) is 4. The number of hydrogen-bond donors (Lipinski definition) is 1. The van der Waals surface area contributed by atoms with E-state index >= 15 is 0 Å². The molecule has 0 aliphatic carbocycles. The molecule has 0 unspecified atom stereocenters. The third-order valence-electron chi connectivity index (χ3n) is 2.87. The number of halogens is 7. The maximum absolute atomic E-state index is 7.87. The lowest BCUT2D eigenvalue weighted by atomic mass is 10.2. The Morgan fingerprint density at radius 3 is 1.96 bits per heavy atom. The van der Waals surface area contributed by atoms with Gasteiger partial charge in [0.1, 0.15) is 6.61 Å². The Morgan fingerprint density at radius 2 is 1.50 bits per heavy atom. The molecule has 0 aromatic heterocycles. The second-order valence-corrected chi connectivity index (χ2v) is 9.39. The molecule has 0 fully saturated rings. The lowest BCUT2D eigenvalue weighted by Crippen LogP contribution is -2.52.